The van der Waals surface area contributed by atoms with Crippen molar-refractivity contribution in [2.75, 3.05) is 13.1 Å². The summed E-state index contributed by atoms with van der Waals surface area (Å²) in [5.41, 5.74) is 0.0400. The van der Waals surface area contributed by atoms with Crippen LogP contribution in [0.1, 0.15) is 43.1 Å². The van der Waals surface area contributed by atoms with Crippen LogP contribution in [0.4, 0.5) is 5.82 Å². The van der Waals surface area contributed by atoms with Crippen molar-refractivity contribution >= 4 is 23.2 Å². The van der Waals surface area contributed by atoms with Crippen LogP contribution in [0.5, 0.6) is 6.01 Å². The van der Waals surface area contributed by atoms with Gasteiger partial charge >= 0.3 is 11.8 Å². The number of nitro groups is 1. The number of halogens is 1. The highest BCUT2D eigenvalue weighted by atomic mass is 35.5. The van der Waals surface area contributed by atoms with Crippen LogP contribution in [0.2, 0.25) is 5.02 Å². The molecule has 2 aliphatic heterocycles. The molecule has 0 aliphatic carbocycles. The first-order valence-corrected chi connectivity index (χ1v) is 9.64. The van der Waals surface area contributed by atoms with Gasteiger partial charge in [0.1, 0.15) is 6.20 Å². The Hall–Kier alpha value is -2.45. The van der Waals surface area contributed by atoms with Crippen LogP contribution in [-0.4, -0.2) is 44.0 Å². The molecule has 2 aromatic rings. The number of piperidine rings is 1. The fourth-order valence-corrected chi connectivity index (χ4v) is 4.22. The van der Waals surface area contributed by atoms with Gasteiger partial charge in [-0.1, -0.05) is 11.6 Å². The summed E-state index contributed by atoms with van der Waals surface area (Å²) in [6.45, 7) is 5.35. The van der Waals surface area contributed by atoms with Crippen molar-refractivity contribution in [1.82, 2.24) is 14.5 Å². The number of likely N-dealkylation sites (tertiary alicyclic amines) is 1. The normalized spacial score (nSPS) is 25.3. The molecular formula is C19H21ClN4O4. The van der Waals surface area contributed by atoms with Gasteiger partial charge in [0, 0.05) is 34.6 Å². The molecular weight excluding hydrogens is 384 g/mol. The molecule has 8 nitrogen and oxygen atoms in total. The minimum absolute atomic E-state index is 0.0316. The lowest BCUT2D eigenvalue weighted by atomic mass is 9.87. The first kappa shape index (κ1) is 18.9. The molecule has 4 rings (SSSR count). The quantitative estimate of drug-likeness (QED) is 0.438. The molecule has 1 aromatic carbocycles. The number of benzene rings is 1. The number of fused-ring (bicyclic) bond motifs is 1. The van der Waals surface area contributed by atoms with Crippen molar-refractivity contribution in [2.45, 2.75) is 38.5 Å². The zero-order valence-corrected chi connectivity index (χ0v) is 16.4. The number of rotatable bonds is 4. The Morgan fingerprint density at radius 2 is 1.96 bits per heavy atom. The van der Waals surface area contributed by atoms with Crippen molar-refractivity contribution in [1.29, 1.82) is 0 Å². The average molecular weight is 405 g/mol. The molecule has 0 amide bonds. The van der Waals surface area contributed by atoms with Gasteiger partial charge in [-0.25, -0.2) is 0 Å². The van der Waals surface area contributed by atoms with Crippen LogP contribution in [0.3, 0.4) is 0 Å². The highest BCUT2D eigenvalue weighted by Crippen LogP contribution is 2.43. The van der Waals surface area contributed by atoms with Gasteiger partial charge in [0.05, 0.1) is 6.04 Å². The molecule has 2 aliphatic rings. The molecule has 0 N–H and O–H groups in total. The fourth-order valence-electron chi connectivity index (χ4n) is 4.10. The largest absolute Gasteiger partial charge is 0.422 e. The summed E-state index contributed by atoms with van der Waals surface area (Å²) >= 11 is 5.90. The third-order valence-electron chi connectivity index (χ3n) is 5.99. The van der Waals surface area contributed by atoms with Gasteiger partial charge in [0.15, 0.2) is 11.5 Å². The van der Waals surface area contributed by atoms with Crippen molar-refractivity contribution in [3.63, 3.8) is 0 Å². The molecule has 0 spiro atoms. The predicted octanol–water partition coefficient (Wildman–Crippen LogP) is 3.71. The van der Waals surface area contributed by atoms with E-state index < -0.39 is 10.6 Å². The molecule has 1 aromatic heterocycles. The number of ether oxygens (including phenoxy) is 1. The number of Topliss-reactive ketones (excluding diaryl/α,β-unsaturated/α-hetero) is 1. The summed E-state index contributed by atoms with van der Waals surface area (Å²) in [7, 11) is 0. The Morgan fingerprint density at radius 1 is 1.32 bits per heavy atom. The van der Waals surface area contributed by atoms with Crippen molar-refractivity contribution in [3.05, 3.63) is 51.2 Å². The number of nitrogens with zero attached hydrogens (tertiary/aromatic N) is 4. The molecule has 2 unspecified atom stereocenters. The molecule has 3 heterocycles. The van der Waals surface area contributed by atoms with E-state index in [1.165, 1.54) is 6.20 Å². The molecule has 28 heavy (non-hydrogen) atoms. The minimum Gasteiger partial charge on any atom is -0.422 e. The Balaban J connectivity index is 1.43. The topological polar surface area (TPSA) is 90.5 Å². The Morgan fingerprint density at radius 3 is 2.54 bits per heavy atom. The van der Waals surface area contributed by atoms with E-state index in [0.717, 1.165) is 12.8 Å². The maximum absolute atomic E-state index is 12.8. The second-order valence-electron chi connectivity index (χ2n) is 7.51. The van der Waals surface area contributed by atoms with Crippen molar-refractivity contribution in [2.24, 2.45) is 5.92 Å². The molecule has 9 heteroatoms. The number of hydrogen-bond donors (Lipinski definition) is 0. The van der Waals surface area contributed by atoms with E-state index in [2.05, 4.69) is 9.88 Å². The lowest BCUT2D eigenvalue weighted by Crippen LogP contribution is -2.55. The molecule has 0 bridgehead atoms. The van der Waals surface area contributed by atoms with E-state index in [-0.39, 0.29) is 29.6 Å². The molecule has 0 radical (unpaired) electrons. The van der Waals surface area contributed by atoms with Crippen LogP contribution in [0, 0.1) is 16.0 Å². The summed E-state index contributed by atoms with van der Waals surface area (Å²) in [5, 5.41) is 11.6. The number of carbonyl (C=O) groups is 1. The van der Waals surface area contributed by atoms with Gasteiger partial charge in [-0.2, -0.15) is 0 Å². The van der Waals surface area contributed by atoms with Gasteiger partial charge in [0.2, 0.25) is 0 Å². The van der Waals surface area contributed by atoms with E-state index in [0.29, 0.717) is 23.7 Å². The van der Waals surface area contributed by atoms with E-state index in [4.69, 9.17) is 16.3 Å². The molecule has 1 saturated heterocycles. The fraction of sp³-hybridized carbons (Fsp3) is 0.474. The van der Waals surface area contributed by atoms with Gasteiger partial charge in [0.25, 0.3) is 0 Å². The highest BCUT2D eigenvalue weighted by molar-refractivity contribution is 6.30. The second-order valence-corrected chi connectivity index (χ2v) is 7.95. The summed E-state index contributed by atoms with van der Waals surface area (Å²) < 4.78 is 7.76. The zero-order valence-electron chi connectivity index (χ0n) is 15.7. The Bertz CT molecular complexity index is 921. The van der Waals surface area contributed by atoms with E-state index in [1.807, 2.05) is 13.8 Å². The Kier molecular flexibility index (Phi) is 4.63. The molecule has 148 valence electrons. The van der Waals surface area contributed by atoms with Gasteiger partial charge in [-0.05, 0) is 55.9 Å². The molecule has 0 saturated carbocycles. The molecule has 1 fully saturated rings. The standard InChI is InChI=1S/C19H21ClN4O4/c1-12-19(2,28-18-21-16(24(26)27)11-23(12)18)22-9-7-14(8-10-22)17(25)13-3-5-15(20)6-4-13/h3-6,11-12,14H,7-10H2,1-2H3. The summed E-state index contributed by atoms with van der Waals surface area (Å²) in [4.78, 5) is 29.3. The summed E-state index contributed by atoms with van der Waals surface area (Å²) in [5.74, 6) is -0.0996. The number of hydrogen-bond acceptors (Lipinski definition) is 6. The van der Waals surface area contributed by atoms with Crippen molar-refractivity contribution < 1.29 is 14.5 Å². The lowest BCUT2D eigenvalue weighted by Gasteiger charge is -2.43. The molecule has 2 atom stereocenters. The summed E-state index contributed by atoms with van der Waals surface area (Å²) in [6.07, 6.45) is 2.88. The van der Waals surface area contributed by atoms with Crippen molar-refractivity contribution in [3.8, 4) is 6.01 Å². The van der Waals surface area contributed by atoms with Gasteiger partial charge in [-0.15, -0.1) is 0 Å². The maximum Gasteiger partial charge on any atom is 0.416 e. The minimum atomic E-state index is -0.647. The van der Waals surface area contributed by atoms with Crippen LogP contribution in [0.25, 0.3) is 0 Å². The van der Waals surface area contributed by atoms with Crippen LogP contribution < -0.4 is 4.74 Å². The number of imidazole rings is 1. The van der Waals surface area contributed by atoms with E-state index in [1.54, 1.807) is 28.8 Å². The van der Waals surface area contributed by atoms with Gasteiger partial charge in [-0.3, -0.25) is 14.3 Å². The smallest absolute Gasteiger partial charge is 0.416 e. The maximum atomic E-state index is 12.8. The van der Waals surface area contributed by atoms with E-state index >= 15 is 0 Å². The number of ketones is 1. The average Bonchev–Trinajstić information content (AvgIpc) is 3.20. The van der Waals surface area contributed by atoms with E-state index in [9.17, 15) is 14.9 Å². The van der Waals surface area contributed by atoms with Crippen LogP contribution in [-0.2, 0) is 0 Å². The predicted molar refractivity (Wildman–Crippen MR) is 103 cm³/mol. The monoisotopic (exact) mass is 404 g/mol. The zero-order chi connectivity index (χ0) is 20.1. The first-order valence-electron chi connectivity index (χ1n) is 9.26. The second kappa shape index (κ2) is 6.86. The lowest BCUT2D eigenvalue weighted by molar-refractivity contribution is -0.389. The van der Waals surface area contributed by atoms with Crippen LogP contribution in [0.15, 0.2) is 30.5 Å². The SMILES string of the molecule is CC1n2cc([N+](=O)[O-])nc2OC1(C)N1CCC(C(=O)c2ccc(Cl)cc2)CC1. The van der Waals surface area contributed by atoms with Gasteiger partial charge < -0.3 is 14.9 Å². The Labute approximate surface area is 167 Å². The van der Waals surface area contributed by atoms with Crippen LogP contribution >= 0.6 is 11.6 Å². The third-order valence-corrected chi connectivity index (χ3v) is 6.24. The number of aromatic nitrogens is 2. The number of carbonyl (C=O) groups excluding carboxylic acids is 1. The first-order chi connectivity index (χ1) is 13.3. The highest BCUT2D eigenvalue weighted by Gasteiger charge is 2.51. The summed E-state index contributed by atoms with van der Waals surface area (Å²) in [6, 6.07) is 7.14. The third kappa shape index (κ3) is 3.06.